The second-order valence-electron chi connectivity index (χ2n) is 8.11. The van der Waals surface area contributed by atoms with Crippen molar-refractivity contribution >= 4 is 39.3 Å². The van der Waals surface area contributed by atoms with Gasteiger partial charge in [-0.1, -0.05) is 12.1 Å². The molecule has 11 heteroatoms. The fraction of sp³-hybridized carbons (Fsp3) is 0.148. The van der Waals surface area contributed by atoms with Crippen LogP contribution in [0, 0.1) is 0 Å². The molecule has 0 aromatic heterocycles. The van der Waals surface area contributed by atoms with Crippen LogP contribution in [0.2, 0.25) is 0 Å². The molecule has 0 aliphatic rings. The Balaban J connectivity index is 1.71. The first kappa shape index (κ1) is 26.7. The molecule has 196 valence electrons. The number of ketones is 1. The standard InChI is InChI=1S/C27H23F3N4O4/c1-17(35)18-6-9-21(10-7-18)32-33-26-24-12-11-23(14-19(24)8-13-25(26)36)34(38-16-31-37-2)22-5-3-4-20(15-22)27(28,29)30/h3-15,31,36H,16H2,1-2H3. The van der Waals surface area contributed by atoms with E-state index in [1.807, 2.05) is 0 Å². The van der Waals surface area contributed by atoms with Gasteiger partial charge >= 0.3 is 6.18 Å². The largest absolute Gasteiger partial charge is 0.506 e. The summed E-state index contributed by atoms with van der Waals surface area (Å²) in [5.41, 5.74) is 3.46. The minimum Gasteiger partial charge on any atom is -0.506 e. The molecule has 2 N–H and O–H groups in total. The third-order valence-electron chi connectivity index (χ3n) is 5.53. The summed E-state index contributed by atoms with van der Waals surface area (Å²) < 4.78 is 40.0. The van der Waals surface area contributed by atoms with Gasteiger partial charge in [0.15, 0.2) is 5.78 Å². The topological polar surface area (TPSA) is 95.8 Å². The summed E-state index contributed by atoms with van der Waals surface area (Å²) in [6.45, 7) is 1.31. The van der Waals surface area contributed by atoms with Crippen molar-refractivity contribution in [2.45, 2.75) is 13.1 Å². The third kappa shape index (κ3) is 6.14. The van der Waals surface area contributed by atoms with E-state index in [0.717, 1.165) is 12.1 Å². The summed E-state index contributed by atoms with van der Waals surface area (Å²) in [7, 11) is 1.38. The van der Waals surface area contributed by atoms with Gasteiger partial charge in [-0.25, -0.2) is 5.06 Å². The molecule has 0 radical (unpaired) electrons. The van der Waals surface area contributed by atoms with Crippen molar-refractivity contribution in [3.05, 3.63) is 90.0 Å². The first-order valence-electron chi connectivity index (χ1n) is 11.3. The lowest BCUT2D eigenvalue weighted by atomic mass is 10.1. The number of nitrogens with zero attached hydrogens (tertiary/aromatic N) is 3. The molecule has 0 aliphatic carbocycles. The fourth-order valence-corrected chi connectivity index (χ4v) is 3.65. The Bertz CT molecular complexity index is 1470. The van der Waals surface area contributed by atoms with Gasteiger partial charge in [0.1, 0.15) is 18.2 Å². The van der Waals surface area contributed by atoms with Crippen LogP contribution in [0.25, 0.3) is 10.8 Å². The normalized spacial score (nSPS) is 11.8. The monoisotopic (exact) mass is 524 g/mol. The van der Waals surface area contributed by atoms with Gasteiger partial charge in [0.2, 0.25) is 0 Å². The number of rotatable bonds is 9. The Morgan fingerprint density at radius 3 is 2.39 bits per heavy atom. The van der Waals surface area contributed by atoms with E-state index in [0.29, 0.717) is 27.7 Å². The van der Waals surface area contributed by atoms with E-state index in [-0.39, 0.29) is 29.6 Å². The highest BCUT2D eigenvalue weighted by molar-refractivity contribution is 5.97. The molecule has 4 rings (SSSR count). The number of hydrogen-bond acceptors (Lipinski definition) is 8. The number of hydrogen-bond donors (Lipinski definition) is 2. The molecule has 0 bridgehead atoms. The van der Waals surface area contributed by atoms with Crippen molar-refractivity contribution < 1.29 is 32.7 Å². The zero-order chi connectivity index (χ0) is 27.3. The van der Waals surface area contributed by atoms with Crippen LogP contribution in [0.4, 0.5) is 35.9 Å². The van der Waals surface area contributed by atoms with Crippen molar-refractivity contribution in [2.75, 3.05) is 18.9 Å². The average Bonchev–Trinajstić information content (AvgIpc) is 2.90. The van der Waals surface area contributed by atoms with Gasteiger partial charge in [-0.15, -0.1) is 5.11 Å². The van der Waals surface area contributed by atoms with Gasteiger partial charge in [-0.2, -0.15) is 23.8 Å². The van der Waals surface area contributed by atoms with Gasteiger partial charge in [0.05, 0.1) is 29.7 Å². The number of alkyl halides is 3. The lowest BCUT2D eigenvalue weighted by Crippen LogP contribution is -2.26. The minimum atomic E-state index is -4.53. The van der Waals surface area contributed by atoms with Crippen LogP contribution in [-0.2, 0) is 15.9 Å². The predicted octanol–water partition coefficient (Wildman–Crippen LogP) is 7.36. The number of azo groups is 1. The van der Waals surface area contributed by atoms with Crippen LogP contribution in [0.15, 0.2) is 89.1 Å². The number of fused-ring (bicyclic) bond motifs is 1. The number of halogens is 3. The van der Waals surface area contributed by atoms with Crippen molar-refractivity contribution in [1.29, 1.82) is 0 Å². The minimum absolute atomic E-state index is 0.0721. The van der Waals surface area contributed by atoms with Crippen LogP contribution < -0.4 is 10.5 Å². The molecule has 0 saturated carbocycles. The summed E-state index contributed by atoms with van der Waals surface area (Å²) in [6.07, 6.45) is -4.53. The number of nitrogens with one attached hydrogen (secondary N) is 1. The van der Waals surface area contributed by atoms with Gasteiger partial charge in [0, 0.05) is 10.9 Å². The molecule has 0 fully saturated rings. The van der Waals surface area contributed by atoms with Crippen molar-refractivity contribution in [3.8, 4) is 5.75 Å². The van der Waals surface area contributed by atoms with E-state index in [4.69, 9.17) is 9.68 Å². The molecule has 0 amide bonds. The quantitative estimate of drug-likeness (QED) is 0.0781. The Labute approximate surface area is 215 Å². The zero-order valence-corrected chi connectivity index (χ0v) is 20.4. The number of Topliss-reactive ketones (excluding diaryl/α,β-unsaturated/α-hetero) is 1. The number of aromatic hydroxyl groups is 1. The molecule has 0 unspecified atom stereocenters. The third-order valence-corrected chi connectivity index (χ3v) is 5.53. The number of phenolic OH excluding ortho intramolecular Hbond substituents is 1. The number of carbonyl (C=O) groups is 1. The Kier molecular flexibility index (Phi) is 8.01. The molecule has 0 aliphatic heterocycles. The van der Waals surface area contributed by atoms with Gasteiger partial charge in [-0.3, -0.25) is 9.63 Å². The summed E-state index contributed by atoms with van der Waals surface area (Å²) in [5, 5.41) is 21.2. The van der Waals surface area contributed by atoms with Crippen LogP contribution in [-0.4, -0.2) is 24.7 Å². The van der Waals surface area contributed by atoms with Crippen molar-refractivity contribution in [2.24, 2.45) is 10.2 Å². The highest BCUT2D eigenvalue weighted by Gasteiger charge is 2.31. The molecule has 0 atom stereocenters. The maximum absolute atomic E-state index is 13.3. The lowest BCUT2D eigenvalue weighted by molar-refractivity contribution is -0.137. The van der Waals surface area contributed by atoms with Gasteiger partial charge < -0.3 is 9.94 Å². The summed E-state index contributed by atoms with van der Waals surface area (Å²) >= 11 is 0. The van der Waals surface area contributed by atoms with E-state index >= 15 is 0 Å². The zero-order valence-electron chi connectivity index (χ0n) is 20.4. The lowest BCUT2D eigenvalue weighted by Gasteiger charge is -2.25. The smallest absolute Gasteiger partial charge is 0.416 e. The van der Waals surface area contributed by atoms with Crippen molar-refractivity contribution in [3.63, 3.8) is 0 Å². The van der Waals surface area contributed by atoms with E-state index < -0.39 is 11.7 Å². The van der Waals surface area contributed by atoms with Gasteiger partial charge in [-0.05, 0) is 79.0 Å². The number of phenols is 1. The van der Waals surface area contributed by atoms with Crippen LogP contribution in [0.1, 0.15) is 22.8 Å². The molecule has 0 heterocycles. The molecule has 0 saturated heterocycles. The highest BCUT2D eigenvalue weighted by Crippen LogP contribution is 2.39. The molecule has 4 aromatic carbocycles. The molecular weight excluding hydrogens is 501 g/mol. The first-order valence-corrected chi connectivity index (χ1v) is 11.3. The van der Waals surface area contributed by atoms with Crippen LogP contribution in [0.3, 0.4) is 0 Å². The van der Waals surface area contributed by atoms with Gasteiger partial charge in [0.25, 0.3) is 0 Å². The highest BCUT2D eigenvalue weighted by atomic mass is 19.4. The second kappa shape index (κ2) is 11.4. The van der Waals surface area contributed by atoms with E-state index in [9.17, 15) is 23.1 Å². The number of benzene rings is 4. The fourth-order valence-electron chi connectivity index (χ4n) is 3.65. The molecular formula is C27H23F3N4O4. The molecule has 0 spiro atoms. The maximum Gasteiger partial charge on any atom is 0.416 e. The predicted molar refractivity (Wildman–Crippen MR) is 136 cm³/mol. The summed E-state index contributed by atoms with van der Waals surface area (Å²) in [5.74, 6) is -0.179. The average molecular weight is 524 g/mol. The molecule has 4 aromatic rings. The number of carbonyl (C=O) groups excluding carboxylic acids is 1. The van der Waals surface area contributed by atoms with Crippen LogP contribution in [0.5, 0.6) is 5.75 Å². The number of hydroxylamine groups is 1. The van der Waals surface area contributed by atoms with Crippen molar-refractivity contribution in [1.82, 2.24) is 5.48 Å². The Morgan fingerprint density at radius 1 is 0.974 bits per heavy atom. The summed E-state index contributed by atoms with van der Waals surface area (Å²) in [6, 6.07) is 19.3. The van der Waals surface area contributed by atoms with E-state index in [1.54, 1.807) is 48.5 Å². The van der Waals surface area contributed by atoms with Crippen LogP contribution >= 0.6 is 0 Å². The van der Waals surface area contributed by atoms with E-state index in [2.05, 4.69) is 15.7 Å². The Hall–Kier alpha value is -4.32. The number of anilines is 2. The maximum atomic E-state index is 13.3. The second-order valence-corrected chi connectivity index (χ2v) is 8.11. The summed E-state index contributed by atoms with van der Waals surface area (Å²) in [4.78, 5) is 21.9. The first-order chi connectivity index (χ1) is 18.2. The SMILES string of the molecule is CONCON(c1cccc(C(F)(F)F)c1)c1ccc2c(N=Nc3ccc(C(C)=O)cc3)c(O)ccc2c1. The Morgan fingerprint density at radius 2 is 1.71 bits per heavy atom. The van der Waals surface area contributed by atoms with E-state index in [1.165, 1.54) is 37.3 Å². The molecule has 8 nitrogen and oxygen atoms in total. The molecule has 38 heavy (non-hydrogen) atoms.